The molecule has 3 heterocycles. The van der Waals surface area contributed by atoms with Gasteiger partial charge in [-0.1, -0.05) is 11.6 Å². The number of likely N-dealkylation sites (N-methyl/N-ethyl adjacent to an activating group) is 1. The minimum atomic E-state index is 0.135. The molecule has 0 aliphatic carbocycles. The second-order valence-corrected chi connectivity index (χ2v) is 6.98. The van der Waals surface area contributed by atoms with E-state index in [0.29, 0.717) is 24.1 Å². The molecule has 7 heteroatoms. The van der Waals surface area contributed by atoms with Crippen molar-refractivity contribution in [2.45, 2.75) is 20.4 Å². The number of thiophene rings is 1. The van der Waals surface area contributed by atoms with Gasteiger partial charge in [-0.05, 0) is 19.4 Å². The number of amides is 1. The molecule has 1 fully saturated rings. The van der Waals surface area contributed by atoms with Crippen molar-refractivity contribution in [3.05, 3.63) is 21.4 Å². The molecular formula is C14H17ClN4OS. The van der Waals surface area contributed by atoms with Gasteiger partial charge in [-0.15, -0.1) is 11.3 Å². The third-order valence-corrected chi connectivity index (χ3v) is 5.31. The highest BCUT2D eigenvalue weighted by atomic mass is 35.5. The number of aromatic nitrogens is 2. The van der Waals surface area contributed by atoms with Crippen LogP contribution in [0.25, 0.3) is 10.2 Å². The van der Waals surface area contributed by atoms with E-state index in [-0.39, 0.29) is 5.91 Å². The maximum atomic E-state index is 11.7. The van der Waals surface area contributed by atoms with E-state index in [2.05, 4.69) is 21.8 Å². The maximum Gasteiger partial charge on any atom is 0.236 e. The molecule has 1 aliphatic rings. The van der Waals surface area contributed by atoms with E-state index in [0.717, 1.165) is 28.9 Å². The summed E-state index contributed by atoms with van der Waals surface area (Å²) >= 11 is 7.95. The Bertz CT molecular complexity index is 715. The molecule has 0 atom stereocenters. The van der Waals surface area contributed by atoms with E-state index in [1.165, 1.54) is 4.88 Å². The number of carbonyl (C=O) groups is 1. The summed E-state index contributed by atoms with van der Waals surface area (Å²) in [4.78, 5) is 26.7. The first-order valence-corrected chi connectivity index (χ1v) is 8.03. The summed E-state index contributed by atoms with van der Waals surface area (Å²) in [6.07, 6.45) is 0. The van der Waals surface area contributed by atoms with Crippen LogP contribution in [0, 0.1) is 13.8 Å². The summed E-state index contributed by atoms with van der Waals surface area (Å²) in [7, 11) is 1.83. The van der Waals surface area contributed by atoms with Gasteiger partial charge in [-0.2, -0.15) is 0 Å². The summed E-state index contributed by atoms with van der Waals surface area (Å²) in [6, 6.07) is 0. The molecule has 1 saturated heterocycles. The van der Waals surface area contributed by atoms with E-state index in [1.54, 1.807) is 16.2 Å². The molecule has 112 valence electrons. The van der Waals surface area contributed by atoms with Crippen LogP contribution < -0.4 is 0 Å². The minimum Gasteiger partial charge on any atom is -0.343 e. The van der Waals surface area contributed by atoms with Crippen molar-refractivity contribution in [2.24, 2.45) is 0 Å². The van der Waals surface area contributed by atoms with Crippen LogP contribution in [-0.2, 0) is 11.3 Å². The number of nitrogens with zero attached hydrogens (tertiary/aromatic N) is 4. The third kappa shape index (κ3) is 2.75. The first-order valence-electron chi connectivity index (χ1n) is 6.84. The van der Waals surface area contributed by atoms with Crippen molar-refractivity contribution in [3.8, 4) is 0 Å². The van der Waals surface area contributed by atoms with Gasteiger partial charge < -0.3 is 4.90 Å². The van der Waals surface area contributed by atoms with Crippen molar-refractivity contribution in [1.29, 1.82) is 0 Å². The van der Waals surface area contributed by atoms with Crippen LogP contribution in [-0.4, -0.2) is 52.4 Å². The number of halogens is 1. The van der Waals surface area contributed by atoms with Gasteiger partial charge in [0.05, 0.1) is 18.5 Å². The quantitative estimate of drug-likeness (QED) is 0.795. The molecule has 3 rings (SSSR count). The lowest BCUT2D eigenvalue weighted by atomic mass is 10.2. The normalized spacial score (nSPS) is 17.0. The van der Waals surface area contributed by atoms with E-state index in [9.17, 15) is 4.79 Å². The molecule has 0 saturated carbocycles. The summed E-state index contributed by atoms with van der Waals surface area (Å²) in [5.74, 6) is 0.822. The Kier molecular flexibility index (Phi) is 3.86. The first kappa shape index (κ1) is 14.7. The van der Waals surface area contributed by atoms with E-state index in [1.807, 2.05) is 14.0 Å². The highest BCUT2D eigenvalue weighted by Crippen LogP contribution is 2.33. The second-order valence-electron chi connectivity index (χ2n) is 5.42. The van der Waals surface area contributed by atoms with Gasteiger partial charge in [0, 0.05) is 25.0 Å². The zero-order chi connectivity index (χ0) is 15.1. The molecule has 0 unspecified atom stereocenters. The average Bonchev–Trinajstić information content (AvgIpc) is 2.70. The molecule has 0 aromatic carbocycles. The number of aryl methyl sites for hydroxylation is 2. The number of piperazine rings is 1. The monoisotopic (exact) mass is 324 g/mol. The van der Waals surface area contributed by atoms with Gasteiger partial charge >= 0.3 is 0 Å². The van der Waals surface area contributed by atoms with Crippen molar-refractivity contribution in [3.63, 3.8) is 0 Å². The fourth-order valence-corrected chi connectivity index (χ4v) is 3.89. The second kappa shape index (κ2) is 5.51. The molecule has 2 aromatic rings. The van der Waals surface area contributed by atoms with Crippen LogP contribution in [0.4, 0.5) is 0 Å². The predicted molar refractivity (Wildman–Crippen MR) is 84.8 cm³/mol. The Labute approximate surface area is 132 Å². The topological polar surface area (TPSA) is 49.3 Å². The van der Waals surface area contributed by atoms with Crippen LogP contribution in [0.1, 0.15) is 16.3 Å². The highest BCUT2D eigenvalue weighted by Gasteiger charge is 2.22. The van der Waals surface area contributed by atoms with Crippen molar-refractivity contribution in [2.75, 3.05) is 26.7 Å². The summed E-state index contributed by atoms with van der Waals surface area (Å²) in [6.45, 7) is 6.66. The predicted octanol–water partition coefficient (Wildman–Crippen LogP) is 2.24. The number of carbonyl (C=O) groups excluding carboxylic acids is 1. The summed E-state index contributed by atoms with van der Waals surface area (Å²) in [5.41, 5.74) is 1.15. The molecule has 5 nitrogen and oxygen atoms in total. The van der Waals surface area contributed by atoms with E-state index >= 15 is 0 Å². The molecule has 0 N–H and O–H groups in total. The molecule has 2 aromatic heterocycles. The Hall–Kier alpha value is -1.24. The van der Waals surface area contributed by atoms with Gasteiger partial charge in [-0.25, -0.2) is 9.97 Å². The van der Waals surface area contributed by atoms with E-state index in [4.69, 9.17) is 11.6 Å². The van der Waals surface area contributed by atoms with Crippen LogP contribution in [0.2, 0.25) is 5.15 Å². The lowest BCUT2D eigenvalue weighted by Crippen LogP contribution is -2.48. The van der Waals surface area contributed by atoms with E-state index < -0.39 is 0 Å². The van der Waals surface area contributed by atoms with Crippen LogP contribution in [0.3, 0.4) is 0 Å². The largest absolute Gasteiger partial charge is 0.343 e. The van der Waals surface area contributed by atoms with Crippen LogP contribution in [0.5, 0.6) is 0 Å². The Morgan fingerprint density at radius 3 is 2.76 bits per heavy atom. The molecule has 0 radical (unpaired) electrons. The van der Waals surface area contributed by atoms with Crippen molar-refractivity contribution < 1.29 is 4.79 Å². The third-order valence-electron chi connectivity index (χ3n) is 3.93. The van der Waals surface area contributed by atoms with Gasteiger partial charge in [0.2, 0.25) is 5.91 Å². The SMILES string of the molecule is Cc1sc2nc(CN3CCN(C)C(=O)C3)nc(Cl)c2c1C. The molecule has 0 bridgehead atoms. The molecule has 0 spiro atoms. The van der Waals surface area contributed by atoms with Crippen LogP contribution in [0.15, 0.2) is 0 Å². The zero-order valence-electron chi connectivity index (χ0n) is 12.3. The first-order chi connectivity index (χ1) is 9.95. The number of hydrogen-bond acceptors (Lipinski definition) is 5. The molecular weight excluding hydrogens is 308 g/mol. The lowest BCUT2D eigenvalue weighted by Gasteiger charge is -2.31. The molecule has 21 heavy (non-hydrogen) atoms. The average molecular weight is 325 g/mol. The van der Waals surface area contributed by atoms with Gasteiger partial charge in [0.15, 0.2) is 0 Å². The minimum absolute atomic E-state index is 0.135. The lowest BCUT2D eigenvalue weighted by molar-refractivity contribution is -0.134. The number of rotatable bonds is 2. The fraction of sp³-hybridized carbons (Fsp3) is 0.500. The fourth-order valence-electron chi connectivity index (χ4n) is 2.45. The standard InChI is InChI=1S/C14H17ClN4OS/c1-8-9(2)21-14-12(8)13(15)16-10(17-14)6-19-5-4-18(3)11(20)7-19/h4-7H2,1-3H3. The number of fused-ring (bicyclic) bond motifs is 1. The Morgan fingerprint density at radius 1 is 1.29 bits per heavy atom. The molecule has 1 aliphatic heterocycles. The van der Waals surface area contributed by atoms with Gasteiger partial charge in [0.25, 0.3) is 0 Å². The zero-order valence-corrected chi connectivity index (χ0v) is 13.9. The van der Waals surface area contributed by atoms with Gasteiger partial charge in [0.1, 0.15) is 15.8 Å². The summed E-state index contributed by atoms with van der Waals surface area (Å²) in [5, 5.41) is 1.47. The maximum absolute atomic E-state index is 11.7. The number of hydrogen-bond donors (Lipinski definition) is 0. The van der Waals surface area contributed by atoms with Crippen molar-refractivity contribution in [1.82, 2.24) is 19.8 Å². The smallest absolute Gasteiger partial charge is 0.236 e. The van der Waals surface area contributed by atoms with Gasteiger partial charge in [-0.3, -0.25) is 9.69 Å². The van der Waals surface area contributed by atoms with Crippen LogP contribution >= 0.6 is 22.9 Å². The Morgan fingerprint density at radius 2 is 2.05 bits per heavy atom. The van der Waals surface area contributed by atoms with Crippen molar-refractivity contribution >= 4 is 39.1 Å². The molecule has 1 amide bonds. The summed E-state index contributed by atoms with van der Waals surface area (Å²) < 4.78 is 0. The highest BCUT2D eigenvalue weighted by molar-refractivity contribution is 7.18. The Balaban J connectivity index is 1.86.